The number of rotatable bonds is 4. The highest BCUT2D eigenvalue weighted by Crippen LogP contribution is 2.16. The highest BCUT2D eigenvalue weighted by atomic mass is 35.5. The summed E-state index contributed by atoms with van der Waals surface area (Å²) in [5.74, 6) is -0.0382. The number of carbonyl (C=O) groups excluding carboxylic acids is 2. The molecule has 0 radical (unpaired) electrons. The Labute approximate surface area is 150 Å². The van der Waals surface area contributed by atoms with Crippen LogP contribution in [0, 0.1) is 6.92 Å². The maximum absolute atomic E-state index is 12.1. The average molecular weight is 367 g/mol. The summed E-state index contributed by atoms with van der Waals surface area (Å²) >= 11 is 0. The number of anilines is 2. The van der Waals surface area contributed by atoms with Gasteiger partial charge in [0.2, 0.25) is 0 Å². The van der Waals surface area contributed by atoms with Gasteiger partial charge in [0, 0.05) is 24.5 Å². The van der Waals surface area contributed by atoms with Gasteiger partial charge in [0.05, 0.1) is 12.8 Å². The van der Waals surface area contributed by atoms with Gasteiger partial charge in [-0.05, 0) is 31.2 Å². The van der Waals surface area contributed by atoms with Crippen molar-refractivity contribution >= 4 is 35.6 Å². The SMILES string of the molecule is Cc1oncc1C(=O)Nc1ccc(NC(=O)[C@H]2CNCCO2)cc1.Cl. The van der Waals surface area contributed by atoms with Gasteiger partial charge in [-0.15, -0.1) is 12.4 Å². The summed E-state index contributed by atoms with van der Waals surface area (Å²) in [7, 11) is 0. The van der Waals surface area contributed by atoms with Gasteiger partial charge in [-0.1, -0.05) is 5.16 Å². The number of ether oxygens (including phenoxy) is 1. The number of aryl methyl sites for hydroxylation is 1. The van der Waals surface area contributed by atoms with Crippen molar-refractivity contribution in [1.82, 2.24) is 10.5 Å². The minimum atomic E-state index is -0.491. The maximum atomic E-state index is 12.1. The van der Waals surface area contributed by atoms with Crippen LogP contribution in [0.4, 0.5) is 11.4 Å². The summed E-state index contributed by atoms with van der Waals surface area (Å²) in [5, 5.41) is 12.2. The Morgan fingerprint density at radius 3 is 2.44 bits per heavy atom. The average Bonchev–Trinajstić information content (AvgIpc) is 3.03. The van der Waals surface area contributed by atoms with Gasteiger partial charge >= 0.3 is 0 Å². The van der Waals surface area contributed by atoms with Gasteiger partial charge in [-0.25, -0.2) is 0 Å². The number of amides is 2. The van der Waals surface area contributed by atoms with E-state index in [0.717, 1.165) is 6.54 Å². The van der Waals surface area contributed by atoms with Crippen molar-refractivity contribution in [3.8, 4) is 0 Å². The van der Waals surface area contributed by atoms with Gasteiger partial charge in [-0.3, -0.25) is 9.59 Å². The fraction of sp³-hybridized carbons (Fsp3) is 0.312. The van der Waals surface area contributed by atoms with Crippen molar-refractivity contribution < 1.29 is 18.8 Å². The van der Waals surface area contributed by atoms with Crippen molar-refractivity contribution in [2.75, 3.05) is 30.3 Å². The van der Waals surface area contributed by atoms with Crippen LogP contribution in [-0.4, -0.2) is 42.8 Å². The van der Waals surface area contributed by atoms with Gasteiger partial charge < -0.3 is 25.2 Å². The van der Waals surface area contributed by atoms with E-state index >= 15 is 0 Å². The fourth-order valence-electron chi connectivity index (χ4n) is 2.31. The number of hydrogen-bond acceptors (Lipinski definition) is 6. The molecule has 3 N–H and O–H groups in total. The zero-order valence-corrected chi connectivity index (χ0v) is 14.4. The Morgan fingerprint density at radius 2 is 1.88 bits per heavy atom. The molecule has 9 heteroatoms. The highest BCUT2D eigenvalue weighted by molar-refractivity contribution is 6.04. The molecule has 1 fully saturated rings. The van der Waals surface area contributed by atoms with E-state index in [0.29, 0.717) is 35.9 Å². The lowest BCUT2D eigenvalue weighted by Crippen LogP contribution is -2.45. The smallest absolute Gasteiger partial charge is 0.260 e. The molecule has 3 rings (SSSR count). The van der Waals surface area contributed by atoms with E-state index in [2.05, 4.69) is 21.1 Å². The monoisotopic (exact) mass is 366 g/mol. The van der Waals surface area contributed by atoms with E-state index in [1.54, 1.807) is 31.2 Å². The lowest BCUT2D eigenvalue weighted by atomic mass is 10.2. The van der Waals surface area contributed by atoms with E-state index in [1.165, 1.54) is 6.20 Å². The fourth-order valence-corrected chi connectivity index (χ4v) is 2.31. The van der Waals surface area contributed by atoms with Crippen molar-refractivity contribution in [2.24, 2.45) is 0 Å². The molecule has 0 bridgehead atoms. The largest absolute Gasteiger partial charge is 0.366 e. The number of halogens is 1. The lowest BCUT2D eigenvalue weighted by Gasteiger charge is -2.22. The number of nitrogens with zero attached hydrogens (tertiary/aromatic N) is 1. The highest BCUT2D eigenvalue weighted by Gasteiger charge is 2.21. The first-order chi connectivity index (χ1) is 11.6. The molecular formula is C16H19ClN4O4. The molecule has 1 aromatic carbocycles. The quantitative estimate of drug-likeness (QED) is 0.758. The number of morpholine rings is 1. The number of nitrogens with one attached hydrogen (secondary N) is 3. The third kappa shape index (κ3) is 4.79. The Bertz CT molecular complexity index is 726. The molecule has 1 aliphatic heterocycles. The van der Waals surface area contributed by atoms with Crippen molar-refractivity contribution in [3.05, 3.63) is 41.8 Å². The zero-order chi connectivity index (χ0) is 16.9. The van der Waals surface area contributed by atoms with Crippen molar-refractivity contribution in [3.63, 3.8) is 0 Å². The molecular weight excluding hydrogens is 348 g/mol. The second-order valence-corrected chi connectivity index (χ2v) is 5.38. The molecule has 0 spiro atoms. The van der Waals surface area contributed by atoms with Crippen LogP contribution in [-0.2, 0) is 9.53 Å². The van der Waals surface area contributed by atoms with E-state index in [9.17, 15) is 9.59 Å². The summed E-state index contributed by atoms with van der Waals surface area (Å²) in [6.45, 7) is 3.44. The molecule has 0 unspecified atom stereocenters. The van der Waals surface area contributed by atoms with E-state index < -0.39 is 6.10 Å². The van der Waals surface area contributed by atoms with Gasteiger partial charge in [-0.2, -0.15) is 0 Å². The van der Waals surface area contributed by atoms with Crippen LogP contribution in [0.5, 0.6) is 0 Å². The molecule has 8 nitrogen and oxygen atoms in total. The zero-order valence-electron chi connectivity index (χ0n) is 13.6. The minimum Gasteiger partial charge on any atom is -0.366 e. The number of hydrogen-bond donors (Lipinski definition) is 3. The second-order valence-electron chi connectivity index (χ2n) is 5.38. The molecule has 2 heterocycles. The minimum absolute atomic E-state index is 0. The third-order valence-electron chi connectivity index (χ3n) is 3.63. The predicted octanol–water partition coefficient (Wildman–Crippen LogP) is 1.58. The maximum Gasteiger partial charge on any atom is 0.260 e. The van der Waals surface area contributed by atoms with Crippen LogP contribution < -0.4 is 16.0 Å². The van der Waals surface area contributed by atoms with Gasteiger partial charge in [0.25, 0.3) is 11.8 Å². The first-order valence-corrected chi connectivity index (χ1v) is 7.59. The molecule has 1 saturated heterocycles. The van der Waals surface area contributed by atoms with Gasteiger partial charge in [0.1, 0.15) is 17.4 Å². The first kappa shape index (κ1) is 18.9. The molecule has 134 valence electrons. The molecule has 0 saturated carbocycles. The summed E-state index contributed by atoms with van der Waals surface area (Å²) in [6.07, 6.45) is 0.881. The van der Waals surface area contributed by atoms with E-state index in [1.807, 2.05) is 0 Å². The Balaban J connectivity index is 0.00000225. The molecule has 0 aliphatic carbocycles. The number of aromatic nitrogens is 1. The van der Waals surface area contributed by atoms with Crippen molar-refractivity contribution in [1.29, 1.82) is 0 Å². The van der Waals surface area contributed by atoms with Crippen molar-refractivity contribution in [2.45, 2.75) is 13.0 Å². The Morgan fingerprint density at radius 1 is 1.20 bits per heavy atom. The summed E-state index contributed by atoms with van der Waals surface area (Å²) in [5.41, 5.74) is 1.62. The van der Waals surface area contributed by atoms with Crippen LogP contribution in [0.25, 0.3) is 0 Å². The number of carbonyl (C=O) groups is 2. The normalized spacial score (nSPS) is 16.6. The van der Waals surface area contributed by atoms with E-state index in [-0.39, 0.29) is 24.2 Å². The molecule has 1 atom stereocenters. The molecule has 1 aliphatic rings. The standard InChI is InChI=1S/C16H18N4O4.ClH/c1-10-13(8-18-24-10)15(21)19-11-2-4-12(5-3-11)20-16(22)14-9-17-6-7-23-14;/h2-5,8,14,17H,6-7,9H2,1H3,(H,19,21)(H,20,22);1H/t14-;/m1./s1. The van der Waals surface area contributed by atoms with Crippen LogP contribution in [0.3, 0.4) is 0 Å². The molecule has 25 heavy (non-hydrogen) atoms. The molecule has 2 aromatic rings. The third-order valence-corrected chi connectivity index (χ3v) is 3.63. The summed E-state index contributed by atoms with van der Waals surface area (Å²) in [4.78, 5) is 24.1. The van der Waals surface area contributed by atoms with Crippen LogP contribution in [0.1, 0.15) is 16.1 Å². The number of benzene rings is 1. The second kappa shape index (κ2) is 8.61. The molecule has 1 aromatic heterocycles. The summed E-state index contributed by atoms with van der Waals surface area (Å²) < 4.78 is 10.3. The van der Waals surface area contributed by atoms with E-state index in [4.69, 9.17) is 9.26 Å². The lowest BCUT2D eigenvalue weighted by molar-refractivity contribution is -0.128. The molecule has 2 amide bonds. The summed E-state index contributed by atoms with van der Waals surface area (Å²) in [6, 6.07) is 6.83. The van der Waals surface area contributed by atoms with Crippen LogP contribution in [0.15, 0.2) is 35.0 Å². The van der Waals surface area contributed by atoms with Crippen LogP contribution in [0.2, 0.25) is 0 Å². The predicted molar refractivity (Wildman–Crippen MR) is 94.1 cm³/mol. The van der Waals surface area contributed by atoms with Gasteiger partial charge in [0.15, 0.2) is 0 Å². The van der Waals surface area contributed by atoms with Crippen LogP contribution >= 0.6 is 12.4 Å². The Kier molecular flexibility index (Phi) is 6.51. The Hall–Kier alpha value is -2.42. The first-order valence-electron chi connectivity index (χ1n) is 7.59. The topological polar surface area (TPSA) is 105 Å².